The van der Waals surface area contributed by atoms with Crippen LogP contribution in [0.3, 0.4) is 0 Å². The molecule has 0 unspecified atom stereocenters. The molecule has 0 aliphatic rings. The summed E-state index contributed by atoms with van der Waals surface area (Å²) in [6.07, 6.45) is 3.38. The standard InChI is InChI=1S/C28H34O/c1-27(2,3)23-16-18-24(19-17-23)28(4,5)20-10-12-22-11-9-15-26(21-22)29-25-13-7-6-8-14-25/h6-9,11,13-19,21H,10,12,20H2,1-5H3. The first-order valence-corrected chi connectivity index (χ1v) is 10.7. The van der Waals surface area contributed by atoms with E-state index in [2.05, 4.69) is 77.1 Å². The van der Waals surface area contributed by atoms with Gasteiger partial charge in [-0.05, 0) is 71.0 Å². The maximum atomic E-state index is 5.97. The Labute approximate surface area is 176 Å². The summed E-state index contributed by atoms with van der Waals surface area (Å²) in [6.45, 7) is 11.5. The van der Waals surface area contributed by atoms with Crippen LogP contribution in [0.25, 0.3) is 0 Å². The Morgan fingerprint density at radius 2 is 1.28 bits per heavy atom. The van der Waals surface area contributed by atoms with E-state index in [4.69, 9.17) is 4.74 Å². The zero-order valence-corrected chi connectivity index (χ0v) is 18.5. The van der Waals surface area contributed by atoms with Gasteiger partial charge < -0.3 is 4.74 Å². The molecule has 29 heavy (non-hydrogen) atoms. The van der Waals surface area contributed by atoms with E-state index < -0.39 is 0 Å². The van der Waals surface area contributed by atoms with E-state index in [0.717, 1.165) is 30.8 Å². The summed E-state index contributed by atoms with van der Waals surface area (Å²) in [4.78, 5) is 0. The van der Waals surface area contributed by atoms with Crippen molar-refractivity contribution in [3.63, 3.8) is 0 Å². The highest BCUT2D eigenvalue weighted by Crippen LogP contribution is 2.32. The third-order valence-electron chi connectivity index (χ3n) is 5.68. The van der Waals surface area contributed by atoms with Crippen LogP contribution in [0.15, 0.2) is 78.9 Å². The smallest absolute Gasteiger partial charge is 0.127 e. The van der Waals surface area contributed by atoms with Gasteiger partial charge in [0.2, 0.25) is 0 Å². The van der Waals surface area contributed by atoms with E-state index in [0.29, 0.717) is 0 Å². The van der Waals surface area contributed by atoms with Gasteiger partial charge >= 0.3 is 0 Å². The Bertz CT molecular complexity index is 899. The second-order valence-corrected chi connectivity index (χ2v) is 9.63. The van der Waals surface area contributed by atoms with Crippen LogP contribution in [0.1, 0.15) is 64.2 Å². The Kier molecular flexibility index (Phi) is 6.47. The average molecular weight is 387 g/mol. The number of hydrogen-bond acceptors (Lipinski definition) is 1. The zero-order valence-electron chi connectivity index (χ0n) is 18.5. The molecule has 0 aliphatic heterocycles. The maximum absolute atomic E-state index is 5.97. The van der Waals surface area contributed by atoms with Gasteiger partial charge in [-0.15, -0.1) is 0 Å². The molecule has 0 N–H and O–H groups in total. The van der Waals surface area contributed by atoms with Crippen molar-refractivity contribution in [2.75, 3.05) is 0 Å². The predicted octanol–water partition coefficient (Wildman–Crippen LogP) is 8.08. The third kappa shape index (κ3) is 5.97. The van der Waals surface area contributed by atoms with Gasteiger partial charge in [-0.2, -0.15) is 0 Å². The van der Waals surface area contributed by atoms with Crippen molar-refractivity contribution in [3.05, 3.63) is 95.6 Å². The van der Waals surface area contributed by atoms with Gasteiger partial charge in [0.05, 0.1) is 0 Å². The van der Waals surface area contributed by atoms with Crippen molar-refractivity contribution in [1.29, 1.82) is 0 Å². The molecule has 3 rings (SSSR count). The van der Waals surface area contributed by atoms with Gasteiger partial charge in [-0.1, -0.05) is 89.2 Å². The molecule has 0 aromatic heterocycles. The molecule has 0 bridgehead atoms. The Hall–Kier alpha value is -2.54. The van der Waals surface area contributed by atoms with Crippen molar-refractivity contribution in [3.8, 4) is 11.5 Å². The Balaban J connectivity index is 1.58. The molecule has 3 aromatic rings. The van der Waals surface area contributed by atoms with Crippen molar-refractivity contribution >= 4 is 0 Å². The van der Waals surface area contributed by atoms with Crippen LogP contribution in [0.5, 0.6) is 11.5 Å². The summed E-state index contributed by atoms with van der Waals surface area (Å²) in [5.41, 5.74) is 4.53. The van der Waals surface area contributed by atoms with E-state index in [1.165, 1.54) is 16.7 Å². The molecule has 0 saturated carbocycles. The molecule has 0 atom stereocenters. The van der Waals surface area contributed by atoms with E-state index in [-0.39, 0.29) is 10.8 Å². The summed E-state index contributed by atoms with van der Waals surface area (Å²) in [5.74, 6) is 1.79. The highest BCUT2D eigenvalue weighted by molar-refractivity contribution is 5.34. The molecule has 1 heteroatoms. The molecular weight excluding hydrogens is 352 g/mol. The number of para-hydroxylation sites is 1. The minimum absolute atomic E-state index is 0.175. The lowest BCUT2D eigenvalue weighted by molar-refractivity contribution is 0.459. The molecule has 152 valence electrons. The largest absolute Gasteiger partial charge is 0.457 e. The third-order valence-corrected chi connectivity index (χ3v) is 5.68. The first-order chi connectivity index (χ1) is 13.7. The van der Waals surface area contributed by atoms with Crippen molar-refractivity contribution < 1.29 is 4.74 Å². The summed E-state index contributed by atoms with van der Waals surface area (Å²) in [6, 6.07) is 27.7. The first kappa shape index (κ1) is 21.2. The summed E-state index contributed by atoms with van der Waals surface area (Å²) >= 11 is 0. The molecular formula is C28H34O. The number of ether oxygens (including phenoxy) is 1. The monoisotopic (exact) mass is 386 g/mol. The number of benzene rings is 3. The highest BCUT2D eigenvalue weighted by atomic mass is 16.5. The fourth-order valence-electron chi connectivity index (χ4n) is 3.69. The van der Waals surface area contributed by atoms with Crippen LogP contribution in [0.4, 0.5) is 0 Å². The molecule has 0 aliphatic carbocycles. The maximum Gasteiger partial charge on any atom is 0.127 e. The Morgan fingerprint density at radius 1 is 0.655 bits per heavy atom. The molecule has 0 spiro atoms. The lowest BCUT2D eigenvalue weighted by Gasteiger charge is -2.27. The molecule has 3 aromatic carbocycles. The van der Waals surface area contributed by atoms with E-state index in [1.54, 1.807) is 0 Å². The minimum Gasteiger partial charge on any atom is -0.457 e. The van der Waals surface area contributed by atoms with Gasteiger partial charge in [0.25, 0.3) is 0 Å². The fourth-order valence-corrected chi connectivity index (χ4v) is 3.69. The highest BCUT2D eigenvalue weighted by Gasteiger charge is 2.21. The molecule has 0 heterocycles. The number of hydrogen-bond donors (Lipinski definition) is 0. The van der Waals surface area contributed by atoms with Crippen molar-refractivity contribution in [2.24, 2.45) is 0 Å². The normalized spacial score (nSPS) is 12.0. The number of rotatable bonds is 7. The van der Waals surface area contributed by atoms with Gasteiger partial charge in [0.15, 0.2) is 0 Å². The summed E-state index contributed by atoms with van der Waals surface area (Å²) in [7, 11) is 0. The average Bonchev–Trinajstić information content (AvgIpc) is 2.68. The van der Waals surface area contributed by atoms with E-state index >= 15 is 0 Å². The zero-order chi connectivity index (χ0) is 20.9. The predicted molar refractivity (Wildman–Crippen MR) is 124 cm³/mol. The van der Waals surface area contributed by atoms with Gasteiger partial charge in [-0.25, -0.2) is 0 Å². The SMILES string of the molecule is CC(C)(C)c1ccc(C(C)(C)CCCc2cccc(Oc3ccccc3)c2)cc1. The molecule has 0 saturated heterocycles. The van der Waals surface area contributed by atoms with E-state index in [1.807, 2.05) is 36.4 Å². The van der Waals surface area contributed by atoms with Gasteiger partial charge in [-0.3, -0.25) is 0 Å². The lowest BCUT2D eigenvalue weighted by Crippen LogP contribution is -2.18. The quantitative estimate of drug-likeness (QED) is 0.399. The molecule has 0 radical (unpaired) electrons. The minimum atomic E-state index is 0.175. The Morgan fingerprint density at radius 3 is 1.93 bits per heavy atom. The van der Waals surface area contributed by atoms with Crippen LogP contribution in [-0.2, 0) is 17.3 Å². The second kappa shape index (κ2) is 8.86. The molecule has 0 fully saturated rings. The molecule has 1 nitrogen and oxygen atoms in total. The van der Waals surface area contributed by atoms with Gasteiger partial charge in [0.1, 0.15) is 11.5 Å². The van der Waals surface area contributed by atoms with Crippen LogP contribution < -0.4 is 4.74 Å². The fraction of sp³-hybridized carbons (Fsp3) is 0.357. The van der Waals surface area contributed by atoms with Gasteiger partial charge in [0, 0.05) is 0 Å². The van der Waals surface area contributed by atoms with E-state index in [9.17, 15) is 0 Å². The number of aryl methyl sites for hydroxylation is 1. The lowest BCUT2D eigenvalue weighted by atomic mass is 9.78. The topological polar surface area (TPSA) is 9.23 Å². The first-order valence-electron chi connectivity index (χ1n) is 10.7. The summed E-state index contributed by atoms with van der Waals surface area (Å²) < 4.78 is 5.97. The second-order valence-electron chi connectivity index (χ2n) is 9.63. The summed E-state index contributed by atoms with van der Waals surface area (Å²) in [5, 5.41) is 0. The van der Waals surface area contributed by atoms with Crippen LogP contribution >= 0.6 is 0 Å². The molecule has 0 amide bonds. The van der Waals surface area contributed by atoms with Crippen molar-refractivity contribution in [1.82, 2.24) is 0 Å². The van der Waals surface area contributed by atoms with Crippen molar-refractivity contribution in [2.45, 2.75) is 64.7 Å². The van der Waals surface area contributed by atoms with Crippen LogP contribution in [0, 0.1) is 0 Å². The van der Waals surface area contributed by atoms with Crippen LogP contribution in [-0.4, -0.2) is 0 Å². The van der Waals surface area contributed by atoms with Crippen LogP contribution in [0.2, 0.25) is 0 Å².